The summed E-state index contributed by atoms with van der Waals surface area (Å²) in [4.78, 5) is 38.2. The van der Waals surface area contributed by atoms with Crippen LogP contribution in [-0.2, 0) is 33.9 Å². The summed E-state index contributed by atoms with van der Waals surface area (Å²) in [6.07, 6.45) is -0.0248. The fraction of sp³-hybridized carbons (Fsp3) is 0.242. The lowest BCUT2D eigenvalue weighted by atomic mass is 9.59. The molecular weight excluding hydrogens is 536 g/mol. The van der Waals surface area contributed by atoms with Crippen molar-refractivity contribution in [3.05, 3.63) is 106 Å². The molecular formula is C33H30N2O7. The van der Waals surface area contributed by atoms with Crippen molar-refractivity contribution in [3.8, 4) is 16.9 Å². The lowest BCUT2D eigenvalue weighted by molar-refractivity contribution is -0.147. The summed E-state index contributed by atoms with van der Waals surface area (Å²) in [6.45, 7) is 1.33. The Morgan fingerprint density at radius 1 is 0.929 bits per heavy atom. The van der Waals surface area contributed by atoms with Gasteiger partial charge < -0.3 is 31.5 Å². The van der Waals surface area contributed by atoms with Crippen LogP contribution in [0, 0.1) is 11.8 Å². The summed E-state index contributed by atoms with van der Waals surface area (Å²) in [7, 11) is 0. The Kier molecular flexibility index (Phi) is 6.71. The van der Waals surface area contributed by atoms with E-state index < -0.39 is 52.0 Å². The maximum absolute atomic E-state index is 13.7. The van der Waals surface area contributed by atoms with Crippen molar-refractivity contribution in [1.82, 2.24) is 5.32 Å². The highest BCUT2D eigenvalue weighted by Gasteiger charge is 2.60. The van der Waals surface area contributed by atoms with Crippen LogP contribution in [0.3, 0.4) is 0 Å². The molecule has 3 atom stereocenters. The fourth-order valence-electron chi connectivity index (χ4n) is 6.69. The van der Waals surface area contributed by atoms with Gasteiger partial charge in [-0.15, -0.1) is 0 Å². The summed E-state index contributed by atoms with van der Waals surface area (Å²) in [5.41, 5.74) is 6.26. The van der Waals surface area contributed by atoms with E-state index in [1.54, 1.807) is 6.07 Å². The molecule has 0 bridgehead atoms. The minimum Gasteiger partial charge on any atom is -0.508 e. The summed E-state index contributed by atoms with van der Waals surface area (Å²) >= 11 is 0. The topological polar surface area (TPSA) is 170 Å². The minimum atomic E-state index is -2.58. The molecule has 3 aromatic rings. The van der Waals surface area contributed by atoms with E-state index >= 15 is 0 Å². The van der Waals surface area contributed by atoms with Gasteiger partial charge in [-0.2, -0.15) is 0 Å². The predicted octanol–water partition coefficient (Wildman–Crippen LogP) is 3.38. The number of hydrogen-bond donors (Lipinski definition) is 6. The Bertz CT molecular complexity index is 1710. The van der Waals surface area contributed by atoms with E-state index in [9.17, 15) is 34.8 Å². The molecule has 0 heterocycles. The zero-order valence-corrected chi connectivity index (χ0v) is 22.6. The second-order valence-electron chi connectivity index (χ2n) is 11.2. The molecule has 42 heavy (non-hydrogen) atoms. The van der Waals surface area contributed by atoms with Gasteiger partial charge in [-0.3, -0.25) is 14.4 Å². The molecule has 1 fully saturated rings. The summed E-state index contributed by atoms with van der Waals surface area (Å²) in [6, 6.07) is 21.2. The van der Waals surface area contributed by atoms with Gasteiger partial charge in [-0.25, -0.2) is 0 Å². The Morgan fingerprint density at radius 3 is 2.38 bits per heavy atom. The second kappa shape index (κ2) is 10.3. The van der Waals surface area contributed by atoms with Gasteiger partial charge in [0.15, 0.2) is 11.4 Å². The van der Waals surface area contributed by atoms with Crippen LogP contribution in [0.1, 0.15) is 35.1 Å². The lowest BCUT2D eigenvalue weighted by Crippen LogP contribution is -2.58. The van der Waals surface area contributed by atoms with E-state index in [1.165, 1.54) is 11.6 Å². The maximum Gasteiger partial charge on any atom is 0.255 e. The number of aliphatic hydroxyl groups is 3. The van der Waals surface area contributed by atoms with E-state index in [4.69, 9.17) is 5.73 Å². The number of carbonyl (C=O) groups excluding carboxylic acids is 3. The number of fused-ring (bicyclic) bond motifs is 3. The van der Waals surface area contributed by atoms with Crippen molar-refractivity contribution >= 4 is 23.2 Å². The van der Waals surface area contributed by atoms with E-state index in [2.05, 4.69) is 17.4 Å². The minimum absolute atomic E-state index is 0.0761. The summed E-state index contributed by atoms with van der Waals surface area (Å²) < 4.78 is 0. The number of ketones is 2. The van der Waals surface area contributed by atoms with E-state index in [0.29, 0.717) is 18.7 Å². The summed E-state index contributed by atoms with van der Waals surface area (Å²) in [5.74, 6) is -6.42. The lowest BCUT2D eigenvalue weighted by Gasteiger charge is -2.46. The number of Topliss-reactive ketones (excluding diaryl/α,β-unsaturated/α-hetero) is 2. The third-order valence-electron chi connectivity index (χ3n) is 8.69. The summed E-state index contributed by atoms with van der Waals surface area (Å²) in [5, 5.41) is 47.8. The first-order valence-electron chi connectivity index (χ1n) is 13.8. The van der Waals surface area contributed by atoms with Gasteiger partial charge in [-0.05, 0) is 58.7 Å². The number of nitrogens with one attached hydrogen (secondary N) is 1. The van der Waals surface area contributed by atoms with Crippen LogP contribution >= 0.6 is 0 Å². The molecule has 1 saturated carbocycles. The average molecular weight is 567 g/mol. The molecule has 0 unspecified atom stereocenters. The number of amides is 1. The van der Waals surface area contributed by atoms with Crippen molar-refractivity contribution in [2.24, 2.45) is 17.6 Å². The van der Waals surface area contributed by atoms with E-state index in [1.807, 2.05) is 42.5 Å². The molecule has 3 aliphatic carbocycles. The zero-order chi connectivity index (χ0) is 29.8. The molecule has 0 aliphatic heterocycles. The molecule has 9 nitrogen and oxygen atoms in total. The molecule has 6 rings (SSSR count). The molecule has 0 radical (unpaired) electrons. The highest BCUT2D eigenvalue weighted by Crippen LogP contribution is 2.53. The predicted molar refractivity (Wildman–Crippen MR) is 154 cm³/mol. The third-order valence-corrected chi connectivity index (χ3v) is 8.69. The number of phenols is 1. The Hall–Kier alpha value is -4.73. The SMILES string of the molecule is NC(=O)C1=C(O)[C@@]2(O)C(=O)C3=C(O)c4c(O)ccc(-c5cccc(CNCc6ccccc6)c5)c4C[C@H]3C[C@H]2CC1=O. The molecule has 7 N–H and O–H groups in total. The van der Waals surface area contributed by atoms with E-state index in [-0.39, 0.29) is 36.1 Å². The quantitative estimate of drug-likeness (QED) is 0.247. The van der Waals surface area contributed by atoms with Gasteiger partial charge in [0.2, 0.25) is 5.78 Å². The number of benzene rings is 3. The van der Waals surface area contributed by atoms with Crippen LogP contribution < -0.4 is 11.1 Å². The average Bonchev–Trinajstić information content (AvgIpc) is 2.95. The molecule has 0 saturated heterocycles. The number of nitrogens with two attached hydrogens (primary N) is 1. The molecule has 1 amide bonds. The number of phenolic OH excluding ortho intramolecular Hbond substituents is 1. The normalized spacial score (nSPS) is 23.4. The van der Waals surface area contributed by atoms with Gasteiger partial charge in [-0.1, -0.05) is 54.6 Å². The number of aromatic hydroxyl groups is 1. The first-order valence-corrected chi connectivity index (χ1v) is 13.8. The highest BCUT2D eigenvalue weighted by atomic mass is 16.3. The number of aliphatic hydroxyl groups excluding tert-OH is 2. The zero-order valence-electron chi connectivity index (χ0n) is 22.6. The molecule has 3 aliphatic rings. The Balaban J connectivity index is 1.37. The van der Waals surface area contributed by atoms with Crippen molar-refractivity contribution in [1.29, 1.82) is 0 Å². The van der Waals surface area contributed by atoms with Gasteiger partial charge in [0.05, 0.1) is 5.56 Å². The van der Waals surface area contributed by atoms with Crippen molar-refractivity contribution < 1.29 is 34.8 Å². The van der Waals surface area contributed by atoms with Crippen LogP contribution in [0.25, 0.3) is 16.9 Å². The van der Waals surface area contributed by atoms with Crippen LogP contribution in [-0.4, -0.2) is 43.5 Å². The highest BCUT2D eigenvalue weighted by molar-refractivity contribution is 6.22. The smallest absolute Gasteiger partial charge is 0.255 e. The standard InChI is InChI=1S/C33H30N2O7/c34-32(41)28-25(37)14-21-12-20-13-23-22(19-8-4-7-18(11-19)16-35-15-17-5-2-1-3-6-17)9-10-24(36)27(23)29(38)26(20)30(39)33(21,42)31(28)40/h1-11,20-21,35-36,38,40,42H,12-16H2,(H2,34,41)/t20-,21+,33+/m1/s1. The van der Waals surface area contributed by atoms with E-state index in [0.717, 1.165) is 16.7 Å². The third kappa shape index (κ3) is 4.29. The second-order valence-corrected chi connectivity index (χ2v) is 11.2. The monoisotopic (exact) mass is 566 g/mol. The Labute approximate surface area is 241 Å². The molecule has 0 aromatic heterocycles. The van der Waals surface area contributed by atoms with Gasteiger partial charge in [0.1, 0.15) is 22.8 Å². The van der Waals surface area contributed by atoms with Crippen LogP contribution in [0.15, 0.2) is 83.6 Å². The van der Waals surface area contributed by atoms with Gasteiger partial charge in [0, 0.05) is 31.0 Å². The van der Waals surface area contributed by atoms with Crippen LogP contribution in [0.5, 0.6) is 5.75 Å². The fourth-order valence-corrected chi connectivity index (χ4v) is 6.69. The maximum atomic E-state index is 13.7. The molecule has 214 valence electrons. The first kappa shape index (κ1) is 27.4. The molecule has 9 heteroatoms. The van der Waals surface area contributed by atoms with Crippen molar-refractivity contribution in [3.63, 3.8) is 0 Å². The van der Waals surface area contributed by atoms with Gasteiger partial charge in [0.25, 0.3) is 5.91 Å². The van der Waals surface area contributed by atoms with Crippen LogP contribution in [0.2, 0.25) is 0 Å². The Morgan fingerprint density at radius 2 is 1.64 bits per heavy atom. The van der Waals surface area contributed by atoms with Crippen LogP contribution in [0.4, 0.5) is 0 Å². The number of rotatable bonds is 6. The molecule has 3 aromatic carbocycles. The first-order chi connectivity index (χ1) is 20.1. The number of hydrogen-bond acceptors (Lipinski definition) is 8. The van der Waals surface area contributed by atoms with Gasteiger partial charge >= 0.3 is 0 Å². The number of primary amides is 1. The van der Waals surface area contributed by atoms with Crippen molar-refractivity contribution in [2.75, 3.05) is 0 Å². The van der Waals surface area contributed by atoms with Crippen molar-refractivity contribution in [2.45, 2.75) is 38.0 Å². The number of carbonyl (C=O) groups is 3. The largest absolute Gasteiger partial charge is 0.508 e. The molecule has 0 spiro atoms.